The van der Waals surface area contributed by atoms with E-state index in [4.69, 9.17) is 0 Å². The van der Waals surface area contributed by atoms with Crippen molar-refractivity contribution in [2.24, 2.45) is 0 Å². The lowest BCUT2D eigenvalue weighted by molar-refractivity contribution is 0.0882. The second kappa shape index (κ2) is 9.12. The molecule has 0 heterocycles. The summed E-state index contributed by atoms with van der Waals surface area (Å²) in [6.45, 7) is 0. The molecule has 0 bridgehead atoms. The van der Waals surface area contributed by atoms with Gasteiger partial charge < -0.3 is 10.6 Å². The van der Waals surface area contributed by atoms with Crippen LogP contribution in [0.25, 0.3) is 0 Å². The molecule has 3 aromatic carbocycles. The highest BCUT2D eigenvalue weighted by Crippen LogP contribution is 2.20. The Kier molecular flexibility index (Phi) is 6.59. The molecule has 0 atom stereocenters. The van der Waals surface area contributed by atoms with Gasteiger partial charge in [0.25, 0.3) is 11.8 Å². The van der Waals surface area contributed by atoms with Crippen LogP contribution in [0.15, 0.2) is 81.7 Å². The van der Waals surface area contributed by atoms with E-state index in [1.165, 1.54) is 24.3 Å². The number of rotatable bonds is 5. The lowest BCUT2D eigenvalue weighted by Gasteiger charge is -2.21. The van der Waals surface area contributed by atoms with E-state index >= 15 is 0 Å². The molecule has 2 N–H and O–H groups in total. The highest BCUT2D eigenvalue weighted by atomic mass is 79.9. The lowest BCUT2D eigenvalue weighted by Crippen LogP contribution is -2.41. The summed E-state index contributed by atoms with van der Waals surface area (Å²) in [5.74, 6) is -1.17. The molecule has 0 spiro atoms. The number of nitrogens with one attached hydrogen (secondary N) is 2. The first-order valence-corrected chi connectivity index (χ1v) is 9.90. The van der Waals surface area contributed by atoms with Crippen LogP contribution in [0.3, 0.4) is 0 Å². The number of hydrogen-bond acceptors (Lipinski definition) is 2. The summed E-state index contributed by atoms with van der Waals surface area (Å²) in [7, 11) is 0. The first-order valence-electron chi connectivity index (χ1n) is 8.32. The van der Waals surface area contributed by atoms with Crippen LogP contribution in [0.4, 0.5) is 4.39 Å². The third-order valence-corrected chi connectivity index (χ3v) is 5.37. The summed E-state index contributed by atoms with van der Waals surface area (Å²) < 4.78 is 14.6. The van der Waals surface area contributed by atoms with E-state index in [2.05, 4.69) is 42.5 Å². The summed E-state index contributed by atoms with van der Waals surface area (Å²) in [5.41, 5.74) is 1.39. The number of hydrogen-bond donors (Lipinski definition) is 2. The molecule has 0 unspecified atom stereocenters. The molecule has 0 aliphatic carbocycles. The van der Waals surface area contributed by atoms with Gasteiger partial charge in [0.15, 0.2) is 0 Å². The summed E-state index contributed by atoms with van der Waals surface area (Å²) >= 11 is 6.69. The molecule has 7 heteroatoms. The predicted molar refractivity (Wildman–Crippen MR) is 112 cm³/mol. The summed E-state index contributed by atoms with van der Waals surface area (Å²) in [4.78, 5) is 25.5. The van der Waals surface area contributed by atoms with Gasteiger partial charge in [-0.25, -0.2) is 4.39 Å². The van der Waals surface area contributed by atoms with Gasteiger partial charge in [-0.2, -0.15) is 0 Å². The molecular formula is C21H15Br2FN2O2. The summed E-state index contributed by atoms with van der Waals surface area (Å²) in [6.07, 6.45) is -0.847. The van der Waals surface area contributed by atoms with Gasteiger partial charge in [-0.15, -0.1) is 0 Å². The molecule has 0 saturated heterocycles. The predicted octanol–water partition coefficient (Wildman–Crippen LogP) is 5.21. The standard InChI is InChI=1S/C21H15Br2FN2O2/c22-17-7-3-1-5-15(17)20(27)25-19(13-9-11-14(24)12-10-13)26-21(28)16-6-2-4-8-18(16)23/h1-12,19H,(H,25,27)(H,26,28). The number of carbonyl (C=O) groups excluding carboxylic acids is 2. The Bertz CT molecular complexity index is 950. The molecule has 4 nitrogen and oxygen atoms in total. The quantitative estimate of drug-likeness (QED) is 0.467. The van der Waals surface area contributed by atoms with Crippen molar-refractivity contribution in [3.63, 3.8) is 0 Å². The molecule has 0 aromatic heterocycles. The van der Waals surface area contributed by atoms with Gasteiger partial charge in [0.2, 0.25) is 0 Å². The molecule has 0 saturated carbocycles. The maximum atomic E-state index is 13.3. The zero-order valence-electron chi connectivity index (χ0n) is 14.5. The van der Waals surface area contributed by atoms with Gasteiger partial charge in [0.05, 0.1) is 11.1 Å². The van der Waals surface area contributed by atoms with Crippen molar-refractivity contribution in [2.75, 3.05) is 0 Å². The van der Waals surface area contributed by atoms with Crippen molar-refractivity contribution >= 4 is 43.7 Å². The molecule has 28 heavy (non-hydrogen) atoms. The van der Waals surface area contributed by atoms with Crippen molar-refractivity contribution in [1.82, 2.24) is 10.6 Å². The SMILES string of the molecule is O=C(NC(NC(=O)c1ccccc1Br)c1ccc(F)cc1)c1ccccc1Br. The summed E-state index contributed by atoms with van der Waals surface area (Å²) in [6, 6.07) is 19.5. The van der Waals surface area contributed by atoms with Crippen molar-refractivity contribution in [3.05, 3.63) is 104 Å². The van der Waals surface area contributed by atoms with Gasteiger partial charge in [-0.1, -0.05) is 36.4 Å². The fourth-order valence-electron chi connectivity index (χ4n) is 2.57. The van der Waals surface area contributed by atoms with Crippen molar-refractivity contribution in [3.8, 4) is 0 Å². The van der Waals surface area contributed by atoms with Crippen LogP contribution in [-0.2, 0) is 0 Å². The van der Waals surface area contributed by atoms with Crippen LogP contribution < -0.4 is 10.6 Å². The molecule has 0 fully saturated rings. The fraction of sp³-hybridized carbons (Fsp3) is 0.0476. The molecule has 3 rings (SSSR count). The third-order valence-electron chi connectivity index (χ3n) is 3.99. The highest BCUT2D eigenvalue weighted by molar-refractivity contribution is 9.10. The molecular weight excluding hydrogens is 491 g/mol. The number of benzene rings is 3. The van der Waals surface area contributed by atoms with Crippen LogP contribution in [0.1, 0.15) is 32.4 Å². The number of carbonyl (C=O) groups is 2. The average molecular weight is 506 g/mol. The van der Waals surface area contributed by atoms with Gasteiger partial charge in [-0.3, -0.25) is 9.59 Å². The molecule has 0 aliphatic rings. The number of amides is 2. The largest absolute Gasteiger partial charge is 0.328 e. The molecule has 0 radical (unpaired) electrons. The van der Waals surface area contributed by atoms with E-state index in [1.807, 2.05) is 0 Å². The van der Waals surface area contributed by atoms with Crippen LogP contribution in [0, 0.1) is 5.82 Å². The lowest BCUT2D eigenvalue weighted by atomic mass is 10.1. The van der Waals surface area contributed by atoms with Gasteiger partial charge in [0.1, 0.15) is 12.0 Å². The third kappa shape index (κ3) is 4.85. The average Bonchev–Trinajstić information content (AvgIpc) is 2.68. The Hall–Kier alpha value is -2.51. The van der Waals surface area contributed by atoms with E-state index in [1.54, 1.807) is 48.5 Å². The maximum Gasteiger partial charge on any atom is 0.254 e. The normalized spacial score (nSPS) is 10.6. The minimum Gasteiger partial charge on any atom is -0.328 e. The zero-order valence-corrected chi connectivity index (χ0v) is 17.6. The fourth-order valence-corrected chi connectivity index (χ4v) is 3.50. The topological polar surface area (TPSA) is 58.2 Å². The van der Waals surface area contributed by atoms with E-state index in [9.17, 15) is 14.0 Å². The molecule has 142 valence electrons. The Balaban J connectivity index is 1.88. The minimum atomic E-state index is -0.847. The van der Waals surface area contributed by atoms with Crippen molar-refractivity contribution in [1.29, 1.82) is 0 Å². The molecule has 2 amide bonds. The first-order chi connectivity index (χ1) is 13.5. The van der Waals surface area contributed by atoms with Gasteiger partial charge >= 0.3 is 0 Å². The van der Waals surface area contributed by atoms with E-state index in [-0.39, 0.29) is 11.8 Å². The van der Waals surface area contributed by atoms with Gasteiger partial charge in [-0.05, 0) is 73.8 Å². The van der Waals surface area contributed by atoms with Crippen LogP contribution in [-0.4, -0.2) is 11.8 Å². The van der Waals surface area contributed by atoms with E-state index in [0.717, 1.165) is 0 Å². The summed E-state index contributed by atoms with van der Waals surface area (Å²) in [5, 5.41) is 5.58. The maximum absolute atomic E-state index is 13.3. The monoisotopic (exact) mass is 504 g/mol. The van der Waals surface area contributed by atoms with Crippen molar-refractivity contribution < 1.29 is 14.0 Å². The first kappa shape index (κ1) is 20.2. The Labute approximate surface area is 178 Å². The second-order valence-corrected chi connectivity index (χ2v) is 7.60. The van der Waals surface area contributed by atoms with Crippen molar-refractivity contribution in [2.45, 2.75) is 6.17 Å². The van der Waals surface area contributed by atoms with Crippen LogP contribution in [0.2, 0.25) is 0 Å². The minimum absolute atomic E-state index is 0.380. The molecule has 3 aromatic rings. The van der Waals surface area contributed by atoms with E-state index < -0.39 is 12.0 Å². The second-order valence-electron chi connectivity index (χ2n) is 5.89. The highest BCUT2D eigenvalue weighted by Gasteiger charge is 2.21. The Morgan fingerprint density at radius 2 is 1.14 bits per heavy atom. The smallest absolute Gasteiger partial charge is 0.254 e. The van der Waals surface area contributed by atoms with Crippen LogP contribution in [0.5, 0.6) is 0 Å². The van der Waals surface area contributed by atoms with E-state index in [0.29, 0.717) is 25.6 Å². The van der Waals surface area contributed by atoms with Crippen LogP contribution >= 0.6 is 31.9 Å². The van der Waals surface area contributed by atoms with Gasteiger partial charge in [0, 0.05) is 8.95 Å². The Morgan fingerprint density at radius 3 is 1.57 bits per heavy atom. The zero-order chi connectivity index (χ0) is 20.1. The molecule has 0 aliphatic heterocycles. The Morgan fingerprint density at radius 1 is 0.714 bits per heavy atom. The number of halogens is 3.